The van der Waals surface area contributed by atoms with Crippen molar-refractivity contribution in [1.82, 2.24) is 0 Å². The molecule has 0 bridgehead atoms. The number of Topliss-reactive ketones (excluding diaryl/α,β-unsaturated/α-hetero) is 1. The number of benzene rings is 2. The summed E-state index contributed by atoms with van der Waals surface area (Å²) in [6.07, 6.45) is 0. The molecule has 6 heteroatoms. The van der Waals surface area contributed by atoms with Gasteiger partial charge in [0.1, 0.15) is 0 Å². The number of hydrogen-bond donors (Lipinski definition) is 0. The van der Waals surface area contributed by atoms with E-state index >= 15 is 0 Å². The normalized spacial score (nSPS) is 10.7. The molecule has 2 aromatic rings. The summed E-state index contributed by atoms with van der Waals surface area (Å²) >= 11 is 11.0. The van der Waals surface area contributed by atoms with Crippen LogP contribution in [0.1, 0.15) is 15.9 Å². The summed E-state index contributed by atoms with van der Waals surface area (Å²) in [4.78, 5) is 21.2. The number of alkyl halides is 2. The van der Waals surface area contributed by atoms with Crippen molar-refractivity contribution in [2.45, 2.75) is 11.8 Å². The molecule has 0 aliphatic carbocycles. The minimum atomic E-state index is -1.24. The zero-order valence-electron chi connectivity index (χ0n) is 11.0. The minimum absolute atomic E-state index is 0.118. The number of aryl methyl sites for hydroxylation is 1. The molecule has 0 aliphatic heterocycles. The van der Waals surface area contributed by atoms with E-state index in [1.807, 2.05) is 19.1 Å². The van der Waals surface area contributed by atoms with Crippen LogP contribution >= 0.6 is 23.2 Å². The molecule has 0 aromatic heterocycles. The van der Waals surface area contributed by atoms with E-state index in [9.17, 15) is 14.9 Å². The largest absolute Gasteiger partial charge is 0.291 e. The maximum atomic E-state index is 11.7. The first-order valence-corrected chi connectivity index (χ1v) is 6.95. The van der Waals surface area contributed by atoms with Gasteiger partial charge in [-0.3, -0.25) is 14.9 Å². The third-order valence-electron chi connectivity index (χ3n) is 3.04. The standard InChI is InChI=1S/C15H11Cl2NO3/c1-9-2-4-10(5-3-9)12-7-6-11(14(19)15(16)17)8-13(12)18(20)21/h2-8,15H,1H3. The zero-order valence-corrected chi connectivity index (χ0v) is 12.6. The lowest BCUT2D eigenvalue weighted by atomic mass is 9.99. The number of hydrogen-bond acceptors (Lipinski definition) is 3. The second-order valence-electron chi connectivity index (χ2n) is 4.52. The number of nitro groups is 1. The summed E-state index contributed by atoms with van der Waals surface area (Å²) in [6.45, 7) is 1.93. The number of nitro benzene ring substituents is 1. The average molecular weight is 324 g/mol. The Morgan fingerprint density at radius 3 is 2.29 bits per heavy atom. The maximum absolute atomic E-state index is 11.7. The summed E-state index contributed by atoms with van der Waals surface area (Å²) in [7, 11) is 0. The topological polar surface area (TPSA) is 60.2 Å². The third kappa shape index (κ3) is 3.40. The summed E-state index contributed by atoms with van der Waals surface area (Å²) in [6, 6.07) is 11.6. The summed E-state index contributed by atoms with van der Waals surface area (Å²) in [5.74, 6) is -0.558. The molecule has 2 aromatic carbocycles. The lowest BCUT2D eigenvalue weighted by Crippen LogP contribution is -2.08. The molecule has 0 fully saturated rings. The van der Waals surface area contributed by atoms with Crippen LogP contribution in [0.4, 0.5) is 5.69 Å². The molecule has 2 rings (SSSR count). The Hall–Kier alpha value is -1.91. The fourth-order valence-electron chi connectivity index (χ4n) is 1.94. The van der Waals surface area contributed by atoms with E-state index < -0.39 is 15.5 Å². The van der Waals surface area contributed by atoms with Gasteiger partial charge >= 0.3 is 0 Å². The molecule has 0 atom stereocenters. The molecule has 4 nitrogen and oxygen atoms in total. The summed E-state index contributed by atoms with van der Waals surface area (Å²) in [5, 5.41) is 11.2. The highest BCUT2D eigenvalue weighted by molar-refractivity contribution is 6.55. The van der Waals surface area contributed by atoms with Gasteiger partial charge in [0.05, 0.1) is 10.5 Å². The van der Waals surface area contributed by atoms with Gasteiger partial charge in [0.15, 0.2) is 10.6 Å². The van der Waals surface area contributed by atoms with Crippen LogP contribution in [0, 0.1) is 17.0 Å². The Kier molecular flexibility index (Phi) is 4.60. The Balaban J connectivity index is 2.55. The van der Waals surface area contributed by atoms with Crippen molar-refractivity contribution in [3.8, 4) is 11.1 Å². The predicted molar refractivity (Wildman–Crippen MR) is 83.1 cm³/mol. The van der Waals surface area contributed by atoms with Crippen molar-refractivity contribution in [3.63, 3.8) is 0 Å². The van der Waals surface area contributed by atoms with Crippen molar-refractivity contribution < 1.29 is 9.72 Å². The van der Waals surface area contributed by atoms with Crippen molar-refractivity contribution in [1.29, 1.82) is 0 Å². The minimum Gasteiger partial charge on any atom is -0.291 e. The van der Waals surface area contributed by atoms with Gasteiger partial charge in [-0.05, 0) is 18.6 Å². The molecule has 0 radical (unpaired) electrons. The highest BCUT2D eigenvalue weighted by atomic mass is 35.5. The molecule has 0 amide bonds. The van der Waals surface area contributed by atoms with Gasteiger partial charge in [-0.25, -0.2) is 0 Å². The van der Waals surface area contributed by atoms with Crippen LogP contribution in [0.25, 0.3) is 11.1 Å². The molecule has 0 N–H and O–H groups in total. The molecule has 0 spiro atoms. The van der Waals surface area contributed by atoms with Crippen LogP contribution < -0.4 is 0 Å². The van der Waals surface area contributed by atoms with Crippen LogP contribution in [0.5, 0.6) is 0 Å². The van der Waals surface area contributed by atoms with E-state index in [1.165, 1.54) is 18.2 Å². The fraction of sp³-hybridized carbons (Fsp3) is 0.133. The highest BCUT2D eigenvalue weighted by Crippen LogP contribution is 2.31. The van der Waals surface area contributed by atoms with Crippen molar-refractivity contribution in [2.24, 2.45) is 0 Å². The SMILES string of the molecule is Cc1ccc(-c2ccc(C(=O)C(Cl)Cl)cc2[N+](=O)[O-])cc1. The second kappa shape index (κ2) is 6.24. The first-order valence-electron chi connectivity index (χ1n) is 6.08. The molecule has 0 heterocycles. The smallest absolute Gasteiger partial charge is 0.277 e. The third-order valence-corrected chi connectivity index (χ3v) is 3.44. The van der Waals surface area contributed by atoms with E-state index in [4.69, 9.17) is 23.2 Å². The molecule has 0 saturated carbocycles. The molecular formula is C15H11Cl2NO3. The quantitative estimate of drug-likeness (QED) is 0.358. The highest BCUT2D eigenvalue weighted by Gasteiger charge is 2.21. The molecule has 108 valence electrons. The summed E-state index contributed by atoms with van der Waals surface area (Å²) in [5.41, 5.74) is 2.17. The second-order valence-corrected chi connectivity index (χ2v) is 5.62. The Bertz CT molecular complexity index is 697. The predicted octanol–water partition coefficient (Wildman–Crippen LogP) is 4.56. The van der Waals surface area contributed by atoms with Crippen molar-refractivity contribution >= 4 is 34.7 Å². The lowest BCUT2D eigenvalue weighted by molar-refractivity contribution is -0.384. The van der Waals surface area contributed by atoms with Crippen LogP contribution in [-0.4, -0.2) is 15.5 Å². The number of halogens is 2. The maximum Gasteiger partial charge on any atom is 0.277 e. The van der Waals surface area contributed by atoms with Crippen molar-refractivity contribution in [3.05, 3.63) is 63.7 Å². The monoisotopic (exact) mass is 323 g/mol. The van der Waals surface area contributed by atoms with Crippen LogP contribution in [0.2, 0.25) is 0 Å². The van der Waals surface area contributed by atoms with Gasteiger partial charge in [0.2, 0.25) is 0 Å². The zero-order chi connectivity index (χ0) is 15.6. The number of ketones is 1. The van der Waals surface area contributed by atoms with Gasteiger partial charge < -0.3 is 0 Å². The molecule has 0 aliphatic rings. The first kappa shape index (κ1) is 15.5. The molecule has 0 unspecified atom stereocenters. The van der Waals surface area contributed by atoms with E-state index in [0.29, 0.717) is 11.1 Å². The van der Waals surface area contributed by atoms with Gasteiger partial charge in [0, 0.05) is 11.6 Å². The first-order chi connectivity index (χ1) is 9.90. The van der Waals surface area contributed by atoms with Crippen LogP contribution in [0.3, 0.4) is 0 Å². The summed E-state index contributed by atoms with van der Waals surface area (Å²) < 4.78 is 0. The van der Waals surface area contributed by atoms with E-state index in [1.54, 1.807) is 12.1 Å². The van der Waals surface area contributed by atoms with Crippen LogP contribution in [-0.2, 0) is 0 Å². The Labute approximate surface area is 131 Å². The van der Waals surface area contributed by atoms with Gasteiger partial charge in [0.25, 0.3) is 5.69 Å². The Morgan fingerprint density at radius 1 is 1.14 bits per heavy atom. The Morgan fingerprint density at radius 2 is 1.76 bits per heavy atom. The van der Waals surface area contributed by atoms with E-state index in [-0.39, 0.29) is 11.3 Å². The van der Waals surface area contributed by atoms with Gasteiger partial charge in [-0.1, -0.05) is 59.1 Å². The molecular weight excluding hydrogens is 313 g/mol. The van der Waals surface area contributed by atoms with E-state index in [0.717, 1.165) is 5.56 Å². The van der Waals surface area contributed by atoms with Crippen LogP contribution in [0.15, 0.2) is 42.5 Å². The number of rotatable bonds is 4. The van der Waals surface area contributed by atoms with Gasteiger partial charge in [-0.15, -0.1) is 0 Å². The number of nitrogens with zero attached hydrogens (tertiary/aromatic N) is 1. The molecule has 0 saturated heterocycles. The number of carbonyl (C=O) groups is 1. The van der Waals surface area contributed by atoms with Gasteiger partial charge in [-0.2, -0.15) is 0 Å². The van der Waals surface area contributed by atoms with E-state index in [2.05, 4.69) is 0 Å². The number of carbonyl (C=O) groups excluding carboxylic acids is 1. The molecule has 21 heavy (non-hydrogen) atoms. The fourth-order valence-corrected chi connectivity index (χ4v) is 2.19. The lowest BCUT2D eigenvalue weighted by Gasteiger charge is -2.07. The van der Waals surface area contributed by atoms with Crippen molar-refractivity contribution in [2.75, 3.05) is 0 Å². The average Bonchev–Trinajstić information content (AvgIpc) is 2.46.